The molecule has 0 unspecified atom stereocenters. The van der Waals surface area contributed by atoms with Crippen molar-refractivity contribution in [3.05, 3.63) is 11.3 Å². The average molecular weight is 208 g/mol. The monoisotopic (exact) mass is 208 g/mol. The Kier molecular flexibility index (Phi) is 2.73. The summed E-state index contributed by atoms with van der Waals surface area (Å²) in [4.78, 5) is 0. The first-order valence-corrected chi connectivity index (χ1v) is 4.01. The van der Waals surface area contributed by atoms with E-state index in [9.17, 15) is 13.2 Å². The molecule has 0 spiro atoms. The van der Waals surface area contributed by atoms with E-state index < -0.39 is 12.8 Å². The summed E-state index contributed by atoms with van der Waals surface area (Å²) in [6.45, 7) is 2.11. The van der Waals surface area contributed by atoms with Gasteiger partial charge in [0.2, 0.25) is 5.88 Å². The molecule has 0 atom stereocenters. The molecule has 0 aliphatic rings. The summed E-state index contributed by atoms with van der Waals surface area (Å²) < 4.78 is 41.5. The predicted molar refractivity (Wildman–Crippen MR) is 44.2 cm³/mol. The number of aryl methyl sites for hydroxylation is 2. The maximum absolute atomic E-state index is 11.9. The molecule has 0 fully saturated rings. The third-order valence-electron chi connectivity index (χ3n) is 1.83. The number of halogens is 3. The van der Waals surface area contributed by atoms with Crippen LogP contribution in [0.3, 0.4) is 0 Å². The molecule has 0 aromatic carbocycles. The summed E-state index contributed by atoms with van der Waals surface area (Å²) in [5.41, 5.74) is 1.31. The minimum absolute atomic E-state index is 0.167. The van der Waals surface area contributed by atoms with E-state index in [1.807, 2.05) is 0 Å². The van der Waals surface area contributed by atoms with Crippen LogP contribution in [0, 0.1) is 13.8 Å². The molecule has 14 heavy (non-hydrogen) atoms. The van der Waals surface area contributed by atoms with Crippen LogP contribution in [0.1, 0.15) is 11.3 Å². The Balaban J connectivity index is 2.77. The molecule has 0 saturated carbocycles. The number of ether oxygens (including phenoxy) is 1. The predicted octanol–water partition coefficient (Wildman–Crippen LogP) is 1.98. The lowest BCUT2D eigenvalue weighted by Gasteiger charge is -2.09. The SMILES string of the molecule is Cc1nn(C)c(OCC(F)(F)F)c1C. The molecule has 0 saturated heterocycles. The summed E-state index contributed by atoms with van der Waals surface area (Å²) in [5, 5.41) is 3.94. The number of nitrogens with zero attached hydrogens (tertiary/aromatic N) is 2. The normalized spacial score (nSPS) is 11.9. The summed E-state index contributed by atoms with van der Waals surface area (Å²) in [6.07, 6.45) is -4.31. The number of hydrogen-bond donors (Lipinski definition) is 0. The Morgan fingerprint density at radius 3 is 2.29 bits per heavy atom. The fraction of sp³-hybridized carbons (Fsp3) is 0.625. The van der Waals surface area contributed by atoms with Crippen LogP contribution in [0.5, 0.6) is 5.88 Å². The smallest absolute Gasteiger partial charge is 0.422 e. The first-order chi connectivity index (χ1) is 6.31. The fourth-order valence-corrected chi connectivity index (χ4v) is 1.09. The van der Waals surface area contributed by atoms with Crippen molar-refractivity contribution >= 4 is 0 Å². The van der Waals surface area contributed by atoms with Crippen LogP contribution in [0.2, 0.25) is 0 Å². The number of alkyl halides is 3. The molecule has 0 amide bonds. The van der Waals surface area contributed by atoms with Gasteiger partial charge in [0, 0.05) is 12.6 Å². The quantitative estimate of drug-likeness (QED) is 0.743. The van der Waals surface area contributed by atoms with Gasteiger partial charge in [-0.1, -0.05) is 0 Å². The molecule has 80 valence electrons. The molecule has 3 nitrogen and oxygen atoms in total. The van der Waals surface area contributed by atoms with Crippen LogP contribution in [-0.4, -0.2) is 22.6 Å². The standard InChI is InChI=1S/C8H11F3N2O/c1-5-6(2)12-13(3)7(5)14-4-8(9,10)11/h4H2,1-3H3. The van der Waals surface area contributed by atoms with E-state index >= 15 is 0 Å². The molecule has 6 heteroatoms. The average Bonchev–Trinajstić information content (AvgIpc) is 2.23. The van der Waals surface area contributed by atoms with Crippen molar-refractivity contribution in [2.24, 2.45) is 7.05 Å². The molecule has 0 radical (unpaired) electrons. The van der Waals surface area contributed by atoms with Gasteiger partial charge in [-0.25, -0.2) is 4.68 Å². The molecule has 1 aromatic heterocycles. The van der Waals surface area contributed by atoms with E-state index in [0.29, 0.717) is 11.3 Å². The highest BCUT2D eigenvalue weighted by atomic mass is 19.4. The zero-order chi connectivity index (χ0) is 10.9. The molecule has 0 N–H and O–H groups in total. The van der Waals surface area contributed by atoms with Gasteiger partial charge in [0.15, 0.2) is 6.61 Å². The van der Waals surface area contributed by atoms with Gasteiger partial charge in [0.1, 0.15) is 0 Å². The van der Waals surface area contributed by atoms with Gasteiger partial charge in [-0.3, -0.25) is 0 Å². The van der Waals surface area contributed by atoms with E-state index in [2.05, 4.69) is 9.84 Å². The molecule has 0 aliphatic carbocycles. The fourth-order valence-electron chi connectivity index (χ4n) is 1.09. The van der Waals surface area contributed by atoms with Gasteiger partial charge in [0.05, 0.1) is 5.69 Å². The molecule has 1 rings (SSSR count). The lowest BCUT2D eigenvalue weighted by Crippen LogP contribution is -2.20. The lowest BCUT2D eigenvalue weighted by atomic mass is 10.3. The molecule has 0 aliphatic heterocycles. The molecule has 1 heterocycles. The summed E-state index contributed by atoms with van der Waals surface area (Å²) in [5.74, 6) is 0.167. The van der Waals surface area contributed by atoms with Gasteiger partial charge < -0.3 is 4.74 Å². The van der Waals surface area contributed by atoms with E-state index in [4.69, 9.17) is 0 Å². The van der Waals surface area contributed by atoms with Gasteiger partial charge in [-0.05, 0) is 13.8 Å². The van der Waals surface area contributed by atoms with Crippen LogP contribution in [0.4, 0.5) is 13.2 Å². The maximum Gasteiger partial charge on any atom is 0.422 e. The lowest BCUT2D eigenvalue weighted by molar-refractivity contribution is -0.154. The first kappa shape index (κ1) is 10.9. The van der Waals surface area contributed by atoms with Crippen molar-refractivity contribution in [1.82, 2.24) is 9.78 Å². The zero-order valence-corrected chi connectivity index (χ0v) is 8.14. The topological polar surface area (TPSA) is 27.1 Å². The summed E-state index contributed by atoms with van der Waals surface area (Å²) >= 11 is 0. The van der Waals surface area contributed by atoms with Crippen LogP contribution in [0.25, 0.3) is 0 Å². The Labute approximate surface area is 79.5 Å². The minimum atomic E-state index is -4.31. The van der Waals surface area contributed by atoms with Gasteiger partial charge in [-0.15, -0.1) is 0 Å². The highest BCUT2D eigenvalue weighted by Crippen LogP contribution is 2.22. The summed E-state index contributed by atoms with van der Waals surface area (Å²) in [6, 6.07) is 0. The van der Waals surface area contributed by atoms with Crippen LogP contribution in [0.15, 0.2) is 0 Å². The Morgan fingerprint density at radius 2 is 1.93 bits per heavy atom. The van der Waals surface area contributed by atoms with Crippen molar-refractivity contribution in [2.75, 3.05) is 6.61 Å². The summed E-state index contributed by atoms with van der Waals surface area (Å²) in [7, 11) is 1.55. The van der Waals surface area contributed by atoms with E-state index in [1.54, 1.807) is 20.9 Å². The number of rotatable bonds is 2. The Bertz CT molecular complexity index is 330. The van der Waals surface area contributed by atoms with E-state index in [-0.39, 0.29) is 5.88 Å². The number of aromatic nitrogens is 2. The highest BCUT2D eigenvalue weighted by Gasteiger charge is 2.29. The van der Waals surface area contributed by atoms with E-state index in [1.165, 1.54) is 4.68 Å². The largest absolute Gasteiger partial charge is 0.468 e. The van der Waals surface area contributed by atoms with Crippen LogP contribution < -0.4 is 4.74 Å². The van der Waals surface area contributed by atoms with Gasteiger partial charge in [-0.2, -0.15) is 18.3 Å². The molecule has 0 bridgehead atoms. The van der Waals surface area contributed by atoms with Crippen molar-refractivity contribution in [2.45, 2.75) is 20.0 Å². The maximum atomic E-state index is 11.9. The van der Waals surface area contributed by atoms with Crippen molar-refractivity contribution in [3.8, 4) is 5.88 Å². The minimum Gasteiger partial charge on any atom is -0.468 e. The molecular formula is C8H11F3N2O. The van der Waals surface area contributed by atoms with E-state index in [0.717, 1.165) is 0 Å². The second kappa shape index (κ2) is 3.51. The Hall–Kier alpha value is -1.20. The Morgan fingerprint density at radius 1 is 1.36 bits per heavy atom. The van der Waals surface area contributed by atoms with Crippen molar-refractivity contribution < 1.29 is 17.9 Å². The van der Waals surface area contributed by atoms with Crippen molar-refractivity contribution in [3.63, 3.8) is 0 Å². The number of hydrogen-bond acceptors (Lipinski definition) is 2. The van der Waals surface area contributed by atoms with Crippen molar-refractivity contribution in [1.29, 1.82) is 0 Å². The molecular weight excluding hydrogens is 197 g/mol. The second-order valence-electron chi connectivity index (χ2n) is 3.04. The first-order valence-electron chi connectivity index (χ1n) is 4.01. The highest BCUT2D eigenvalue weighted by molar-refractivity contribution is 5.28. The van der Waals surface area contributed by atoms with Crippen LogP contribution >= 0.6 is 0 Å². The van der Waals surface area contributed by atoms with Gasteiger partial charge in [0.25, 0.3) is 0 Å². The van der Waals surface area contributed by atoms with Crippen LogP contribution in [-0.2, 0) is 7.05 Å². The molecule has 1 aromatic rings. The second-order valence-corrected chi connectivity index (χ2v) is 3.04. The zero-order valence-electron chi connectivity index (χ0n) is 8.14. The third-order valence-corrected chi connectivity index (χ3v) is 1.83. The van der Waals surface area contributed by atoms with Gasteiger partial charge >= 0.3 is 6.18 Å². The third kappa shape index (κ3) is 2.40.